The predicted molar refractivity (Wildman–Crippen MR) is 128 cm³/mol. The Morgan fingerprint density at radius 2 is 1.92 bits per heavy atom. The van der Waals surface area contributed by atoms with Crippen LogP contribution in [0.3, 0.4) is 0 Å². The molecular weight excluding hydrogens is 471 g/mol. The topological polar surface area (TPSA) is 96.0 Å². The molecule has 1 fully saturated rings. The minimum absolute atomic E-state index is 0.0102. The van der Waals surface area contributed by atoms with E-state index < -0.39 is 29.9 Å². The highest BCUT2D eigenvalue weighted by molar-refractivity contribution is 5.78. The molecule has 1 aromatic heterocycles. The molecule has 1 aliphatic heterocycles. The number of hydrogen-bond acceptors (Lipinski definition) is 5. The third-order valence-electron chi connectivity index (χ3n) is 5.38. The summed E-state index contributed by atoms with van der Waals surface area (Å²) in [5, 5.41) is 8.35. The van der Waals surface area contributed by atoms with Gasteiger partial charge in [0.05, 0.1) is 29.7 Å². The number of hydrogen-bond donors (Lipinski definition) is 3. The number of aromatic nitrogens is 2. The smallest absolute Gasteiger partial charge is 0.352 e. The van der Waals surface area contributed by atoms with Crippen LogP contribution < -0.4 is 16.0 Å². The molecule has 10 heteroatoms. The van der Waals surface area contributed by atoms with Crippen LogP contribution in [0.5, 0.6) is 0 Å². The lowest BCUT2D eigenvalue weighted by atomic mass is 9.97. The number of nitrogens with zero attached hydrogens (tertiary/aromatic N) is 2. The highest BCUT2D eigenvalue weighted by atomic mass is 19.4. The molecule has 0 bridgehead atoms. The van der Waals surface area contributed by atoms with Crippen molar-refractivity contribution < 1.29 is 22.8 Å². The van der Waals surface area contributed by atoms with Gasteiger partial charge in [0, 0.05) is 29.9 Å². The van der Waals surface area contributed by atoms with Crippen molar-refractivity contribution >= 4 is 11.8 Å². The zero-order valence-electron chi connectivity index (χ0n) is 20.9. The lowest BCUT2D eigenvalue weighted by Gasteiger charge is -2.33. The van der Waals surface area contributed by atoms with Crippen LogP contribution in [-0.2, 0) is 22.3 Å². The highest BCUT2D eigenvalue weighted by Gasteiger charge is 2.38. The molecule has 0 saturated carbocycles. The molecule has 36 heavy (non-hydrogen) atoms. The number of amides is 2. The van der Waals surface area contributed by atoms with E-state index >= 15 is 0 Å². The molecule has 2 amide bonds. The van der Waals surface area contributed by atoms with Crippen molar-refractivity contribution in [1.82, 2.24) is 25.9 Å². The number of carbonyl (C=O) groups excluding carboxylic acids is 2. The maximum absolute atomic E-state index is 13.8. The summed E-state index contributed by atoms with van der Waals surface area (Å²) in [5.74, 6) is 5.10. The van der Waals surface area contributed by atoms with Crippen LogP contribution in [0.2, 0.25) is 0 Å². The maximum Gasteiger partial charge on any atom is 0.416 e. The fourth-order valence-corrected chi connectivity index (χ4v) is 3.51. The summed E-state index contributed by atoms with van der Waals surface area (Å²) in [4.78, 5) is 33.0. The van der Waals surface area contributed by atoms with Crippen LogP contribution in [0.4, 0.5) is 13.2 Å². The van der Waals surface area contributed by atoms with Gasteiger partial charge < -0.3 is 10.6 Å². The van der Waals surface area contributed by atoms with Gasteiger partial charge in [-0.05, 0) is 44.4 Å². The standard InChI is InChI=1S/C26H30F3N5O2/c1-15(2)24(36)32-12-16-6-7-19(26(27,28)29)18(10-16)23-33-20(11-22(35)34-23)21-14-30-17(13-31-21)8-9-25(3,4)5/h6-7,10,13-15,20,23,33H,11-12H2,1-5H3,(H,32,36)(H,34,35). The quantitative estimate of drug-likeness (QED) is 0.538. The summed E-state index contributed by atoms with van der Waals surface area (Å²) in [6.45, 7) is 9.41. The molecule has 2 atom stereocenters. The fraction of sp³-hybridized carbons (Fsp3) is 0.462. The van der Waals surface area contributed by atoms with Crippen molar-refractivity contribution in [3.8, 4) is 11.8 Å². The third kappa shape index (κ3) is 7.28. The van der Waals surface area contributed by atoms with Crippen molar-refractivity contribution in [2.45, 2.75) is 66.0 Å². The lowest BCUT2D eigenvalue weighted by molar-refractivity contribution is -0.139. The predicted octanol–water partition coefficient (Wildman–Crippen LogP) is 4.01. The van der Waals surface area contributed by atoms with E-state index in [1.807, 2.05) is 20.8 Å². The molecule has 2 heterocycles. The van der Waals surface area contributed by atoms with Crippen molar-refractivity contribution in [2.75, 3.05) is 0 Å². The molecule has 0 radical (unpaired) electrons. The minimum atomic E-state index is -4.64. The first-order valence-corrected chi connectivity index (χ1v) is 11.6. The Labute approximate surface area is 208 Å². The van der Waals surface area contributed by atoms with Crippen LogP contribution >= 0.6 is 0 Å². The molecular formula is C26H30F3N5O2. The summed E-state index contributed by atoms with van der Waals surface area (Å²) in [5.41, 5.74) is 0.132. The van der Waals surface area contributed by atoms with E-state index in [1.54, 1.807) is 13.8 Å². The average molecular weight is 502 g/mol. The molecule has 0 spiro atoms. The lowest BCUT2D eigenvalue weighted by Crippen LogP contribution is -2.47. The Bertz CT molecular complexity index is 1180. The molecule has 3 rings (SSSR count). The Kier molecular flexibility index (Phi) is 8.04. The van der Waals surface area contributed by atoms with E-state index in [0.717, 1.165) is 6.07 Å². The fourth-order valence-electron chi connectivity index (χ4n) is 3.51. The minimum Gasteiger partial charge on any atom is -0.352 e. The van der Waals surface area contributed by atoms with Crippen LogP contribution in [0.15, 0.2) is 30.6 Å². The van der Waals surface area contributed by atoms with Crippen LogP contribution in [0.25, 0.3) is 0 Å². The molecule has 1 aromatic carbocycles. The van der Waals surface area contributed by atoms with E-state index in [9.17, 15) is 22.8 Å². The highest BCUT2D eigenvalue weighted by Crippen LogP contribution is 2.36. The van der Waals surface area contributed by atoms with Gasteiger partial charge in [0.1, 0.15) is 11.9 Å². The van der Waals surface area contributed by atoms with E-state index in [0.29, 0.717) is 17.0 Å². The van der Waals surface area contributed by atoms with Gasteiger partial charge in [0.2, 0.25) is 11.8 Å². The molecule has 2 unspecified atom stereocenters. The van der Waals surface area contributed by atoms with Crippen LogP contribution in [-0.4, -0.2) is 21.8 Å². The van der Waals surface area contributed by atoms with Gasteiger partial charge in [-0.25, -0.2) is 4.98 Å². The van der Waals surface area contributed by atoms with Crippen LogP contribution in [0.1, 0.15) is 81.3 Å². The average Bonchev–Trinajstić information content (AvgIpc) is 2.79. The molecule has 7 nitrogen and oxygen atoms in total. The van der Waals surface area contributed by atoms with Crippen LogP contribution in [0, 0.1) is 23.2 Å². The number of nitrogens with one attached hydrogen (secondary N) is 3. The zero-order chi connectivity index (χ0) is 26.7. The summed E-state index contributed by atoms with van der Waals surface area (Å²) < 4.78 is 41.5. The number of carbonyl (C=O) groups is 2. The second kappa shape index (κ2) is 10.7. The first-order chi connectivity index (χ1) is 16.7. The number of halogens is 3. The first kappa shape index (κ1) is 27.1. The van der Waals surface area contributed by atoms with Gasteiger partial charge in [-0.1, -0.05) is 25.8 Å². The molecule has 3 N–H and O–H groups in total. The Morgan fingerprint density at radius 1 is 1.19 bits per heavy atom. The third-order valence-corrected chi connectivity index (χ3v) is 5.38. The normalized spacial score (nSPS) is 18.3. The second-order valence-electron chi connectivity index (χ2n) is 10.0. The van der Waals surface area contributed by atoms with E-state index in [1.165, 1.54) is 24.5 Å². The van der Waals surface area contributed by atoms with Gasteiger partial charge >= 0.3 is 6.18 Å². The molecule has 0 aliphatic carbocycles. The molecule has 1 saturated heterocycles. The number of rotatable bonds is 5. The summed E-state index contributed by atoms with van der Waals surface area (Å²) in [7, 11) is 0. The van der Waals surface area contributed by atoms with Crippen molar-refractivity contribution in [3.05, 3.63) is 58.7 Å². The van der Waals surface area contributed by atoms with E-state index in [2.05, 4.69) is 37.8 Å². The van der Waals surface area contributed by atoms with E-state index in [4.69, 9.17) is 0 Å². The van der Waals surface area contributed by atoms with Gasteiger partial charge in [0.25, 0.3) is 0 Å². The Hall–Kier alpha value is -3.45. The maximum atomic E-state index is 13.8. The Balaban J connectivity index is 1.88. The summed E-state index contributed by atoms with van der Waals surface area (Å²) in [6, 6.07) is 2.98. The molecule has 1 aliphatic rings. The Morgan fingerprint density at radius 3 is 2.50 bits per heavy atom. The first-order valence-electron chi connectivity index (χ1n) is 11.6. The SMILES string of the molecule is CC(C)C(=O)NCc1ccc(C(F)(F)F)c(C2NC(=O)CC(c3cnc(C#CC(C)(C)C)cn3)N2)c1. The monoisotopic (exact) mass is 501 g/mol. The van der Waals surface area contributed by atoms with Crippen molar-refractivity contribution in [3.63, 3.8) is 0 Å². The number of alkyl halides is 3. The van der Waals surface area contributed by atoms with Gasteiger partial charge in [-0.3, -0.25) is 19.9 Å². The number of benzene rings is 1. The zero-order valence-corrected chi connectivity index (χ0v) is 20.9. The summed E-state index contributed by atoms with van der Waals surface area (Å²) >= 11 is 0. The molecule has 192 valence electrons. The van der Waals surface area contributed by atoms with Gasteiger partial charge in [-0.15, -0.1) is 0 Å². The summed E-state index contributed by atoms with van der Waals surface area (Å²) in [6.07, 6.45) is -2.81. The van der Waals surface area contributed by atoms with Gasteiger partial charge in [0.15, 0.2) is 0 Å². The van der Waals surface area contributed by atoms with Gasteiger partial charge in [-0.2, -0.15) is 13.2 Å². The van der Waals surface area contributed by atoms with Crippen molar-refractivity contribution in [1.29, 1.82) is 0 Å². The molecule has 2 aromatic rings. The largest absolute Gasteiger partial charge is 0.416 e. The second-order valence-corrected chi connectivity index (χ2v) is 10.0. The van der Waals surface area contributed by atoms with E-state index in [-0.39, 0.29) is 35.8 Å². The van der Waals surface area contributed by atoms with Crippen molar-refractivity contribution in [2.24, 2.45) is 11.3 Å².